The molecule has 1 aliphatic rings. The first kappa shape index (κ1) is 9.47. The Kier molecular flexibility index (Phi) is 2.69. The lowest BCUT2D eigenvalue weighted by molar-refractivity contribution is 0.205. The topological polar surface area (TPSA) is 20.2 Å². The second-order valence-corrected chi connectivity index (χ2v) is 4.02. The van der Waals surface area contributed by atoms with Crippen molar-refractivity contribution in [2.75, 3.05) is 0 Å². The van der Waals surface area contributed by atoms with Gasteiger partial charge in [0.25, 0.3) is 0 Å². The fourth-order valence-corrected chi connectivity index (χ4v) is 1.77. The summed E-state index contributed by atoms with van der Waals surface area (Å²) in [7, 11) is 0. The molecule has 1 nitrogen and oxygen atoms in total. The summed E-state index contributed by atoms with van der Waals surface area (Å²) in [6.07, 6.45) is 2.68. The van der Waals surface area contributed by atoms with Gasteiger partial charge in [-0.15, -0.1) is 0 Å². The molecule has 0 aliphatic heterocycles. The highest BCUT2D eigenvalue weighted by molar-refractivity contribution is 5.36. The Balaban J connectivity index is 1.83. The third-order valence-electron chi connectivity index (χ3n) is 2.83. The molecular weight excluding hydrogens is 172 g/mol. The Morgan fingerprint density at radius 2 is 1.93 bits per heavy atom. The molecule has 0 amide bonds. The van der Waals surface area contributed by atoms with E-state index in [1.54, 1.807) is 0 Å². The van der Waals surface area contributed by atoms with Crippen molar-refractivity contribution in [1.29, 1.82) is 0 Å². The van der Waals surface area contributed by atoms with Gasteiger partial charge in [0.05, 0.1) is 6.10 Å². The SMILES string of the molecule is CC1=C(C(O)CCc2ccccc2)C1. The van der Waals surface area contributed by atoms with Crippen molar-refractivity contribution in [2.45, 2.75) is 32.3 Å². The number of rotatable bonds is 4. The van der Waals surface area contributed by atoms with Gasteiger partial charge in [-0.05, 0) is 37.3 Å². The summed E-state index contributed by atoms with van der Waals surface area (Å²) in [4.78, 5) is 0. The van der Waals surface area contributed by atoms with E-state index < -0.39 is 0 Å². The molecule has 0 saturated carbocycles. The molecule has 1 N–H and O–H groups in total. The van der Waals surface area contributed by atoms with Crippen LogP contribution in [-0.2, 0) is 6.42 Å². The highest BCUT2D eigenvalue weighted by Crippen LogP contribution is 2.34. The van der Waals surface area contributed by atoms with Crippen LogP contribution in [0.2, 0.25) is 0 Å². The van der Waals surface area contributed by atoms with Gasteiger partial charge in [0.1, 0.15) is 0 Å². The van der Waals surface area contributed by atoms with Crippen molar-refractivity contribution >= 4 is 0 Å². The van der Waals surface area contributed by atoms with Gasteiger partial charge in [0, 0.05) is 0 Å². The molecule has 2 rings (SSSR count). The van der Waals surface area contributed by atoms with E-state index in [4.69, 9.17) is 0 Å². The van der Waals surface area contributed by atoms with Crippen LogP contribution in [0.1, 0.15) is 25.3 Å². The molecule has 14 heavy (non-hydrogen) atoms. The fourth-order valence-electron chi connectivity index (χ4n) is 1.77. The Morgan fingerprint density at radius 1 is 1.29 bits per heavy atom. The molecule has 1 atom stereocenters. The average molecular weight is 188 g/mol. The first-order valence-corrected chi connectivity index (χ1v) is 5.18. The number of benzene rings is 1. The van der Waals surface area contributed by atoms with Crippen molar-refractivity contribution < 1.29 is 5.11 Å². The summed E-state index contributed by atoms with van der Waals surface area (Å²) in [6.45, 7) is 2.10. The number of hydrogen-bond donors (Lipinski definition) is 1. The summed E-state index contributed by atoms with van der Waals surface area (Å²) in [6, 6.07) is 10.3. The maximum atomic E-state index is 9.76. The maximum absolute atomic E-state index is 9.76. The third-order valence-corrected chi connectivity index (χ3v) is 2.83. The van der Waals surface area contributed by atoms with E-state index in [0.29, 0.717) is 0 Å². The Bertz CT molecular complexity index is 338. The zero-order chi connectivity index (χ0) is 9.97. The van der Waals surface area contributed by atoms with E-state index >= 15 is 0 Å². The zero-order valence-electron chi connectivity index (χ0n) is 8.53. The second kappa shape index (κ2) is 3.97. The largest absolute Gasteiger partial charge is 0.389 e. The van der Waals surface area contributed by atoms with Gasteiger partial charge in [-0.1, -0.05) is 35.9 Å². The maximum Gasteiger partial charge on any atom is 0.0759 e. The molecule has 74 valence electrons. The normalized spacial score (nSPS) is 17.0. The fraction of sp³-hybridized carbons (Fsp3) is 0.385. The molecular formula is C13H16O. The summed E-state index contributed by atoms with van der Waals surface area (Å²) in [5.74, 6) is 0. The standard InChI is InChI=1S/C13H16O/c1-10-9-12(10)13(14)8-7-11-5-3-2-4-6-11/h2-6,13-14H,7-9H2,1H3. The van der Waals surface area contributed by atoms with Crippen LogP contribution in [0.4, 0.5) is 0 Å². The van der Waals surface area contributed by atoms with Crippen LogP contribution in [0.3, 0.4) is 0 Å². The van der Waals surface area contributed by atoms with E-state index in [2.05, 4.69) is 19.1 Å². The van der Waals surface area contributed by atoms with Crippen molar-refractivity contribution in [1.82, 2.24) is 0 Å². The van der Waals surface area contributed by atoms with Crippen molar-refractivity contribution in [3.63, 3.8) is 0 Å². The highest BCUT2D eigenvalue weighted by atomic mass is 16.3. The predicted molar refractivity (Wildman–Crippen MR) is 58.1 cm³/mol. The van der Waals surface area contributed by atoms with Crippen LogP contribution in [-0.4, -0.2) is 11.2 Å². The molecule has 1 heteroatoms. The van der Waals surface area contributed by atoms with Gasteiger partial charge in [0.2, 0.25) is 0 Å². The minimum atomic E-state index is -0.199. The van der Waals surface area contributed by atoms with E-state index in [0.717, 1.165) is 19.3 Å². The first-order chi connectivity index (χ1) is 6.77. The monoisotopic (exact) mass is 188 g/mol. The van der Waals surface area contributed by atoms with Gasteiger partial charge in [0.15, 0.2) is 0 Å². The molecule has 0 bridgehead atoms. The van der Waals surface area contributed by atoms with Crippen LogP contribution in [0.15, 0.2) is 41.5 Å². The lowest BCUT2D eigenvalue weighted by atomic mass is 10.1. The Morgan fingerprint density at radius 3 is 2.50 bits per heavy atom. The number of hydrogen-bond acceptors (Lipinski definition) is 1. The predicted octanol–water partition coefficient (Wildman–Crippen LogP) is 2.70. The van der Waals surface area contributed by atoms with Gasteiger partial charge < -0.3 is 5.11 Å². The summed E-state index contributed by atoms with van der Waals surface area (Å²) in [5.41, 5.74) is 3.96. The minimum Gasteiger partial charge on any atom is -0.389 e. The van der Waals surface area contributed by atoms with Crippen molar-refractivity contribution in [2.24, 2.45) is 0 Å². The second-order valence-electron chi connectivity index (χ2n) is 4.02. The van der Waals surface area contributed by atoms with E-state index in [-0.39, 0.29) is 6.10 Å². The van der Waals surface area contributed by atoms with E-state index in [9.17, 15) is 5.11 Å². The summed E-state index contributed by atoms with van der Waals surface area (Å²) >= 11 is 0. The number of aliphatic hydroxyl groups is 1. The molecule has 1 unspecified atom stereocenters. The number of allylic oxidation sites excluding steroid dienone is 1. The lowest BCUT2D eigenvalue weighted by Crippen LogP contribution is -2.05. The van der Waals surface area contributed by atoms with Crippen LogP contribution in [0.5, 0.6) is 0 Å². The Labute approximate surface area is 85.1 Å². The van der Waals surface area contributed by atoms with Gasteiger partial charge in [-0.25, -0.2) is 0 Å². The zero-order valence-corrected chi connectivity index (χ0v) is 8.53. The van der Waals surface area contributed by atoms with Gasteiger partial charge in [-0.3, -0.25) is 0 Å². The minimum absolute atomic E-state index is 0.199. The summed E-state index contributed by atoms with van der Waals surface area (Å²) in [5, 5.41) is 9.76. The van der Waals surface area contributed by atoms with Gasteiger partial charge >= 0.3 is 0 Å². The lowest BCUT2D eigenvalue weighted by Gasteiger charge is -2.06. The molecule has 1 aliphatic carbocycles. The molecule has 1 aromatic carbocycles. The molecule has 1 aromatic rings. The van der Waals surface area contributed by atoms with Crippen molar-refractivity contribution in [3.8, 4) is 0 Å². The van der Waals surface area contributed by atoms with E-state index in [1.807, 2.05) is 18.2 Å². The molecule has 0 aromatic heterocycles. The van der Waals surface area contributed by atoms with Crippen LogP contribution < -0.4 is 0 Å². The highest BCUT2D eigenvalue weighted by Gasteiger charge is 2.23. The van der Waals surface area contributed by atoms with Crippen LogP contribution in [0.25, 0.3) is 0 Å². The Hall–Kier alpha value is -1.08. The first-order valence-electron chi connectivity index (χ1n) is 5.18. The van der Waals surface area contributed by atoms with E-state index in [1.165, 1.54) is 16.7 Å². The van der Waals surface area contributed by atoms with Crippen LogP contribution in [0, 0.1) is 0 Å². The number of aryl methyl sites for hydroxylation is 1. The molecule has 0 fully saturated rings. The average Bonchev–Trinajstić information content (AvgIpc) is 2.94. The van der Waals surface area contributed by atoms with Crippen molar-refractivity contribution in [3.05, 3.63) is 47.0 Å². The molecule has 0 radical (unpaired) electrons. The quantitative estimate of drug-likeness (QED) is 0.720. The smallest absolute Gasteiger partial charge is 0.0759 e. The molecule has 0 spiro atoms. The van der Waals surface area contributed by atoms with Crippen LogP contribution >= 0.6 is 0 Å². The third kappa shape index (κ3) is 2.24. The molecule has 0 saturated heterocycles. The summed E-state index contributed by atoms with van der Waals surface area (Å²) < 4.78 is 0. The number of aliphatic hydroxyl groups excluding tert-OH is 1. The van der Waals surface area contributed by atoms with Gasteiger partial charge in [-0.2, -0.15) is 0 Å². The molecule has 0 heterocycles.